The average molecular weight is 139 g/mol. The molecule has 8 heavy (non-hydrogen) atoms. The lowest BCUT2D eigenvalue weighted by molar-refractivity contribution is 0.185. The van der Waals surface area contributed by atoms with E-state index in [-0.39, 0.29) is 12.7 Å². The molecule has 0 aromatic carbocycles. The van der Waals surface area contributed by atoms with Gasteiger partial charge in [-0.05, 0) is 0 Å². The minimum atomic E-state index is -2.99. The summed E-state index contributed by atoms with van der Waals surface area (Å²) in [5.74, 6) is -0.288. The Balaban J connectivity index is 3.42. The summed E-state index contributed by atoms with van der Waals surface area (Å²) in [6.07, 6.45) is 1.09. The summed E-state index contributed by atoms with van der Waals surface area (Å²) in [5.41, 5.74) is 4.85. The van der Waals surface area contributed by atoms with Crippen molar-refractivity contribution in [2.75, 3.05) is 18.9 Å². The third-order valence-electron chi connectivity index (χ3n) is 0.415. The van der Waals surface area contributed by atoms with E-state index >= 15 is 0 Å². The van der Waals surface area contributed by atoms with Gasteiger partial charge in [-0.1, -0.05) is 0 Å². The molecule has 2 N–H and O–H groups in total. The summed E-state index contributed by atoms with van der Waals surface area (Å²) < 4.78 is 24.8. The van der Waals surface area contributed by atoms with E-state index in [1.165, 1.54) is 0 Å². The number of rotatable bonds is 3. The topological polar surface area (TPSA) is 69.4 Å². The molecule has 0 aliphatic rings. The zero-order chi connectivity index (χ0) is 6.62. The monoisotopic (exact) mass is 139 g/mol. The van der Waals surface area contributed by atoms with Crippen LogP contribution in [0.15, 0.2) is 0 Å². The molecular weight excluding hydrogens is 130 g/mol. The van der Waals surface area contributed by atoms with Crippen molar-refractivity contribution in [3.8, 4) is 0 Å². The maximum Gasteiger partial charge on any atom is 0.171 e. The Morgan fingerprint density at radius 3 is 2.25 bits per heavy atom. The van der Waals surface area contributed by atoms with E-state index in [9.17, 15) is 8.42 Å². The molecule has 0 radical (unpaired) electrons. The van der Waals surface area contributed by atoms with Crippen molar-refractivity contribution in [3.05, 3.63) is 0 Å². The second-order valence-electron chi connectivity index (χ2n) is 1.41. The van der Waals surface area contributed by atoms with Crippen LogP contribution in [-0.4, -0.2) is 27.3 Å². The van der Waals surface area contributed by atoms with Crippen LogP contribution in [0.1, 0.15) is 0 Å². The zero-order valence-corrected chi connectivity index (χ0v) is 5.44. The molecule has 0 aliphatic heterocycles. The number of hydrogen-bond donors (Lipinski definition) is 1. The fraction of sp³-hybridized carbons (Fsp3) is 1.00. The van der Waals surface area contributed by atoms with Crippen molar-refractivity contribution in [2.45, 2.75) is 0 Å². The van der Waals surface area contributed by atoms with E-state index in [4.69, 9.17) is 5.73 Å². The smallest absolute Gasteiger partial charge is 0.171 e. The van der Waals surface area contributed by atoms with Crippen molar-refractivity contribution in [3.63, 3.8) is 0 Å². The molecule has 4 nitrogen and oxygen atoms in total. The maximum absolute atomic E-state index is 10.2. The van der Waals surface area contributed by atoms with Gasteiger partial charge in [0, 0.05) is 6.26 Å². The summed E-state index contributed by atoms with van der Waals surface area (Å²) in [6, 6.07) is 0. The SMILES string of the molecule is CS(=O)(=O)COCN. The van der Waals surface area contributed by atoms with Crippen molar-refractivity contribution in [1.29, 1.82) is 0 Å². The van der Waals surface area contributed by atoms with Crippen LogP contribution >= 0.6 is 0 Å². The number of sulfone groups is 1. The Morgan fingerprint density at radius 2 is 2.12 bits per heavy atom. The quantitative estimate of drug-likeness (QED) is 0.505. The third-order valence-corrected chi connectivity index (χ3v) is 1.01. The van der Waals surface area contributed by atoms with E-state index in [1.807, 2.05) is 0 Å². The molecule has 0 fully saturated rings. The molecular formula is C3H9NO3S. The van der Waals surface area contributed by atoms with Gasteiger partial charge in [0.15, 0.2) is 9.84 Å². The van der Waals surface area contributed by atoms with Crippen LogP contribution in [0, 0.1) is 0 Å². The minimum Gasteiger partial charge on any atom is -0.351 e. The van der Waals surface area contributed by atoms with Crippen molar-refractivity contribution < 1.29 is 13.2 Å². The number of ether oxygens (including phenoxy) is 1. The minimum absolute atomic E-state index is 0.0485. The predicted molar refractivity (Wildman–Crippen MR) is 29.9 cm³/mol. The molecule has 0 bridgehead atoms. The second-order valence-corrected chi connectivity index (χ2v) is 3.50. The summed E-state index contributed by atoms with van der Waals surface area (Å²) in [5, 5.41) is 0. The fourth-order valence-corrected chi connectivity index (χ4v) is 0.598. The zero-order valence-electron chi connectivity index (χ0n) is 4.62. The molecule has 0 aromatic heterocycles. The van der Waals surface area contributed by atoms with Crippen molar-refractivity contribution in [2.24, 2.45) is 5.73 Å². The van der Waals surface area contributed by atoms with E-state index in [2.05, 4.69) is 4.74 Å². The Morgan fingerprint density at radius 1 is 1.62 bits per heavy atom. The Hall–Kier alpha value is -0.130. The molecule has 0 saturated carbocycles. The maximum atomic E-state index is 10.2. The van der Waals surface area contributed by atoms with Gasteiger partial charge < -0.3 is 10.5 Å². The van der Waals surface area contributed by atoms with E-state index in [1.54, 1.807) is 0 Å². The Kier molecular flexibility index (Phi) is 2.96. The Labute approximate surface area is 48.5 Å². The van der Waals surface area contributed by atoms with Gasteiger partial charge in [0.25, 0.3) is 0 Å². The lowest BCUT2D eigenvalue weighted by Gasteiger charge is -1.94. The standard InChI is InChI=1S/C3H9NO3S/c1-8(5,6)3-7-2-4/h2-4H2,1H3. The summed E-state index contributed by atoms with van der Waals surface area (Å²) in [6.45, 7) is -0.0485. The molecule has 0 aliphatic carbocycles. The number of nitrogens with two attached hydrogens (primary N) is 1. The van der Waals surface area contributed by atoms with Gasteiger partial charge in [0.2, 0.25) is 0 Å². The third kappa shape index (κ3) is 5.87. The van der Waals surface area contributed by atoms with Gasteiger partial charge in [-0.2, -0.15) is 0 Å². The first-order chi connectivity index (χ1) is 3.56. The summed E-state index contributed by atoms with van der Waals surface area (Å²) in [4.78, 5) is 0. The molecule has 0 amide bonds. The van der Waals surface area contributed by atoms with E-state index in [0.29, 0.717) is 0 Å². The highest BCUT2D eigenvalue weighted by Gasteiger charge is 1.97. The summed E-state index contributed by atoms with van der Waals surface area (Å²) >= 11 is 0. The molecule has 0 spiro atoms. The molecule has 0 aromatic rings. The molecule has 0 saturated heterocycles. The molecule has 5 heteroatoms. The van der Waals surface area contributed by atoms with Gasteiger partial charge in [-0.15, -0.1) is 0 Å². The first-order valence-corrected chi connectivity index (χ1v) is 4.08. The number of hydrogen-bond acceptors (Lipinski definition) is 4. The van der Waals surface area contributed by atoms with Crippen LogP contribution in [0.5, 0.6) is 0 Å². The average Bonchev–Trinajstić information content (AvgIpc) is 1.59. The first-order valence-electron chi connectivity index (χ1n) is 2.02. The largest absolute Gasteiger partial charge is 0.351 e. The van der Waals surface area contributed by atoms with Gasteiger partial charge in [-0.25, -0.2) is 8.42 Å². The van der Waals surface area contributed by atoms with Crippen LogP contribution < -0.4 is 5.73 Å². The molecule has 0 atom stereocenters. The van der Waals surface area contributed by atoms with Crippen LogP contribution in [-0.2, 0) is 14.6 Å². The summed E-state index contributed by atoms with van der Waals surface area (Å²) in [7, 11) is -2.99. The van der Waals surface area contributed by atoms with Crippen LogP contribution in [0.2, 0.25) is 0 Å². The first kappa shape index (κ1) is 7.87. The van der Waals surface area contributed by atoms with Gasteiger partial charge in [-0.3, -0.25) is 0 Å². The second kappa shape index (κ2) is 3.01. The van der Waals surface area contributed by atoms with Gasteiger partial charge in [0.1, 0.15) is 5.94 Å². The fourth-order valence-electron chi connectivity index (χ4n) is 0.199. The highest BCUT2D eigenvalue weighted by atomic mass is 32.2. The van der Waals surface area contributed by atoms with Crippen LogP contribution in [0.25, 0.3) is 0 Å². The Bertz CT molecular complexity index is 139. The lowest BCUT2D eigenvalue weighted by Crippen LogP contribution is -2.12. The normalized spacial score (nSPS) is 11.8. The molecule has 50 valence electrons. The van der Waals surface area contributed by atoms with Gasteiger partial charge in [0.05, 0.1) is 6.73 Å². The van der Waals surface area contributed by atoms with Crippen molar-refractivity contribution >= 4 is 9.84 Å². The predicted octanol–water partition coefficient (Wildman–Crippen LogP) is -1.08. The van der Waals surface area contributed by atoms with Crippen LogP contribution in [0.4, 0.5) is 0 Å². The molecule has 0 unspecified atom stereocenters. The van der Waals surface area contributed by atoms with Crippen molar-refractivity contribution in [1.82, 2.24) is 0 Å². The lowest BCUT2D eigenvalue weighted by atomic mass is 11.3. The highest BCUT2D eigenvalue weighted by molar-refractivity contribution is 7.90. The highest BCUT2D eigenvalue weighted by Crippen LogP contribution is 1.80. The van der Waals surface area contributed by atoms with Crippen LogP contribution in [0.3, 0.4) is 0 Å². The molecule has 0 rings (SSSR count). The molecule has 0 heterocycles. The van der Waals surface area contributed by atoms with E-state index < -0.39 is 9.84 Å². The van der Waals surface area contributed by atoms with E-state index in [0.717, 1.165) is 6.26 Å². The van der Waals surface area contributed by atoms with Gasteiger partial charge >= 0.3 is 0 Å².